The second kappa shape index (κ2) is 4.90. The quantitative estimate of drug-likeness (QED) is 0.630. The van der Waals surface area contributed by atoms with Gasteiger partial charge in [-0.15, -0.1) is 0 Å². The van der Waals surface area contributed by atoms with Gasteiger partial charge in [0.2, 0.25) is 0 Å². The van der Waals surface area contributed by atoms with E-state index in [1.807, 2.05) is 6.07 Å². The Kier molecular flexibility index (Phi) is 3.29. The number of nitriles is 1. The Balaban J connectivity index is 1.99. The van der Waals surface area contributed by atoms with Gasteiger partial charge in [-0.25, -0.2) is 4.79 Å². The molecular weight excluding hydrogens is 246 g/mol. The highest BCUT2D eigenvalue weighted by Crippen LogP contribution is 2.15. The molecular formula is C13H11N3O3. The van der Waals surface area contributed by atoms with Crippen LogP contribution in [0.15, 0.2) is 24.3 Å². The first-order chi connectivity index (χ1) is 9.02. The number of hydrogen-bond donors (Lipinski definition) is 1. The van der Waals surface area contributed by atoms with Crippen molar-refractivity contribution in [2.24, 2.45) is 0 Å². The number of benzene rings is 1. The minimum atomic E-state index is -0.577. The molecule has 1 heterocycles. The number of nitrogens with zero attached hydrogens (tertiary/aromatic N) is 2. The number of amides is 3. The van der Waals surface area contributed by atoms with Crippen LogP contribution in [0.4, 0.5) is 4.79 Å². The first kappa shape index (κ1) is 12.8. The monoisotopic (exact) mass is 257 g/mol. The van der Waals surface area contributed by atoms with Gasteiger partial charge in [-0.2, -0.15) is 5.26 Å². The van der Waals surface area contributed by atoms with E-state index in [-0.39, 0.29) is 11.3 Å². The summed E-state index contributed by atoms with van der Waals surface area (Å²) >= 11 is 0. The molecule has 0 aromatic heterocycles. The molecule has 1 aliphatic heterocycles. The van der Waals surface area contributed by atoms with Crippen LogP contribution in [0, 0.1) is 11.3 Å². The molecule has 1 aromatic carbocycles. The molecule has 0 radical (unpaired) electrons. The van der Waals surface area contributed by atoms with E-state index in [9.17, 15) is 14.4 Å². The molecule has 3 amide bonds. The summed E-state index contributed by atoms with van der Waals surface area (Å²) in [5.41, 5.74) is 0.784. The fourth-order valence-corrected chi connectivity index (χ4v) is 1.57. The molecule has 1 fully saturated rings. The zero-order valence-electron chi connectivity index (χ0n) is 10.2. The summed E-state index contributed by atoms with van der Waals surface area (Å²) in [6.45, 7) is 1.78. The summed E-state index contributed by atoms with van der Waals surface area (Å²) in [7, 11) is 0. The van der Waals surface area contributed by atoms with Crippen molar-refractivity contribution < 1.29 is 14.4 Å². The van der Waals surface area contributed by atoms with Gasteiger partial charge in [0.05, 0.1) is 12.6 Å². The predicted octanol–water partition coefficient (Wildman–Crippen LogP) is 0.947. The topological polar surface area (TPSA) is 90.0 Å². The van der Waals surface area contributed by atoms with Crippen molar-refractivity contribution in [3.63, 3.8) is 0 Å². The lowest BCUT2D eigenvalue weighted by Gasteiger charge is -2.05. The number of hydrogen-bond acceptors (Lipinski definition) is 4. The lowest BCUT2D eigenvalue weighted by Crippen LogP contribution is -2.34. The van der Waals surface area contributed by atoms with Crippen LogP contribution in [-0.4, -0.2) is 35.2 Å². The van der Waals surface area contributed by atoms with Gasteiger partial charge >= 0.3 is 6.03 Å². The average Bonchev–Trinajstić information content (AvgIpc) is 3.18. The van der Waals surface area contributed by atoms with E-state index in [1.54, 1.807) is 0 Å². The minimum Gasteiger partial charge on any atom is -0.303 e. The van der Waals surface area contributed by atoms with Gasteiger partial charge in [0.25, 0.3) is 5.91 Å². The third-order valence-corrected chi connectivity index (χ3v) is 2.80. The van der Waals surface area contributed by atoms with Crippen LogP contribution in [0.5, 0.6) is 0 Å². The van der Waals surface area contributed by atoms with Crippen LogP contribution in [0.3, 0.4) is 0 Å². The molecule has 1 aliphatic rings. The van der Waals surface area contributed by atoms with Crippen molar-refractivity contribution >= 4 is 17.7 Å². The molecule has 1 aromatic rings. The van der Waals surface area contributed by atoms with Crippen LogP contribution in [0.2, 0.25) is 0 Å². The average molecular weight is 257 g/mol. The summed E-state index contributed by atoms with van der Waals surface area (Å²) in [4.78, 5) is 35.6. The molecule has 0 spiro atoms. The Bertz CT molecular complexity index is 586. The van der Waals surface area contributed by atoms with Crippen molar-refractivity contribution in [3.8, 4) is 6.07 Å². The smallest absolute Gasteiger partial charge is 0.303 e. The molecule has 0 saturated carbocycles. The maximum atomic E-state index is 11.7. The van der Waals surface area contributed by atoms with Gasteiger partial charge in [0, 0.05) is 11.1 Å². The zero-order valence-corrected chi connectivity index (χ0v) is 10.2. The predicted molar refractivity (Wildman–Crippen MR) is 65.4 cm³/mol. The maximum Gasteiger partial charge on any atom is 0.325 e. The Hall–Kier alpha value is -2.68. The maximum absolute atomic E-state index is 11.7. The summed E-state index contributed by atoms with van der Waals surface area (Å²) < 4.78 is 0. The Morgan fingerprint density at radius 1 is 1.26 bits per heavy atom. The highest BCUT2D eigenvalue weighted by molar-refractivity contribution is 6.05. The van der Waals surface area contributed by atoms with Crippen molar-refractivity contribution in [2.75, 3.05) is 6.54 Å². The number of carbonyl (C=O) groups is 3. The Morgan fingerprint density at radius 2 is 1.84 bits per heavy atom. The second-order valence-corrected chi connectivity index (χ2v) is 4.19. The number of carbonyl (C=O) groups excluding carboxylic acids is 3. The highest BCUT2D eigenvalue weighted by Gasteiger charge is 2.39. The van der Waals surface area contributed by atoms with E-state index in [0.29, 0.717) is 12.1 Å². The zero-order chi connectivity index (χ0) is 14.0. The van der Waals surface area contributed by atoms with Gasteiger partial charge in [-0.3, -0.25) is 14.9 Å². The number of rotatable bonds is 2. The van der Waals surface area contributed by atoms with Crippen LogP contribution in [0.1, 0.15) is 27.6 Å². The molecule has 1 saturated heterocycles. The number of Topliss-reactive ketones (excluding diaryl/α,β-unsaturated/α-hetero) is 1. The third kappa shape index (κ3) is 2.77. The van der Waals surface area contributed by atoms with Crippen molar-refractivity contribution in [3.05, 3.63) is 35.4 Å². The molecule has 6 nitrogen and oxygen atoms in total. The van der Waals surface area contributed by atoms with E-state index < -0.39 is 18.0 Å². The molecule has 1 unspecified atom stereocenters. The van der Waals surface area contributed by atoms with Crippen molar-refractivity contribution in [1.29, 1.82) is 5.26 Å². The van der Waals surface area contributed by atoms with E-state index in [4.69, 9.17) is 5.26 Å². The molecule has 1 atom stereocenters. The Labute approximate surface area is 109 Å². The third-order valence-electron chi connectivity index (χ3n) is 2.80. The molecule has 1 N–H and O–H groups in total. The van der Waals surface area contributed by atoms with E-state index in [2.05, 4.69) is 5.32 Å². The standard InChI is InChI=1S/C13H11N3O3/c1-8(17)9-2-4-10(5-3-9)12(18)15-13(19)16-7-11(16)6-14/h2-5,11H,7H2,1H3,(H,15,18,19). The highest BCUT2D eigenvalue weighted by atomic mass is 16.2. The van der Waals surface area contributed by atoms with Crippen molar-refractivity contribution in [1.82, 2.24) is 10.2 Å². The Morgan fingerprint density at radius 3 is 2.32 bits per heavy atom. The summed E-state index contributed by atoms with van der Waals surface area (Å²) in [6, 6.07) is 6.91. The number of imide groups is 1. The largest absolute Gasteiger partial charge is 0.325 e. The molecule has 0 bridgehead atoms. The lowest BCUT2D eigenvalue weighted by atomic mass is 10.1. The van der Waals surface area contributed by atoms with Crippen molar-refractivity contribution in [2.45, 2.75) is 13.0 Å². The first-order valence-corrected chi connectivity index (χ1v) is 5.65. The van der Waals surface area contributed by atoms with E-state index >= 15 is 0 Å². The van der Waals surface area contributed by atoms with Crippen LogP contribution in [-0.2, 0) is 0 Å². The fourth-order valence-electron chi connectivity index (χ4n) is 1.57. The normalized spacial score (nSPS) is 16.4. The van der Waals surface area contributed by atoms with Crippen LogP contribution < -0.4 is 5.32 Å². The molecule has 2 rings (SSSR count). The molecule has 19 heavy (non-hydrogen) atoms. The summed E-state index contributed by atoms with van der Waals surface area (Å²) in [6.07, 6.45) is 0. The van der Waals surface area contributed by atoms with Gasteiger partial charge in [-0.1, -0.05) is 12.1 Å². The van der Waals surface area contributed by atoms with Gasteiger partial charge in [0.15, 0.2) is 5.78 Å². The minimum absolute atomic E-state index is 0.0935. The van der Waals surface area contributed by atoms with E-state index in [0.717, 1.165) is 0 Å². The molecule has 0 aliphatic carbocycles. The summed E-state index contributed by atoms with van der Waals surface area (Å²) in [5, 5.41) is 10.8. The number of nitrogens with one attached hydrogen (secondary N) is 1. The van der Waals surface area contributed by atoms with Crippen LogP contribution >= 0.6 is 0 Å². The SMILES string of the molecule is CC(=O)c1ccc(C(=O)NC(=O)N2CC2C#N)cc1. The molecule has 6 heteroatoms. The van der Waals surface area contributed by atoms with Gasteiger partial charge in [0.1, 0.15) is 6.04 Å². The van der Waals surface area contributed by atoms with Crippen LogP contribution in [0.25, 0.3) is 0 Å². The first-order valence-electron chi connectivity index (χ1n) is 5.65. The van der Waals surface area contributed by atoms with E-state index in [1.165, 1.54) is 36.1 Å². The van der Waals surface area contributed by atoms with Gasteiger partial charge in [-0.05, 0) is 19.1 Å². The summed E-state index contributed by atoms with van der Waals surface area (Å²) in [5.74, 6) is -0.646. The number of ketones is 1. The van der Waals surface area contributed by atoms with Gasteiger partial charge < -0.3 is 4.90 Å². The lowest BCUT2D eigenvalue weighted by molar-refractivity contribution is 0.0957. The number of urea groups is 1. The second-order valence-electron chi connectivity index (χ2n) is 4.19. The fraction of sp³-hybridized carbons (Fsp3) is 0.231. The molecule has 96 valence electrons.